The van der Waals surface area contributed by atoms with E-state index in [4.69, 9.17) is 0 Å². The lowest BCUT2D eigenvalue weighted by atomic mass is 10.3. The van der Waals surface area contributed by atoms with Gasteiger partial charge in [-0.05, 0) is 13.0 Å². The van der Waals surface area contributed by atoms with Crippen LogP contribution in [0.5, 0.6) is 0 Å². The Bertz CT molecular complexity index is 92.5. The van der Waals surface area contributed by atoms with Crippen molar-refractivity contribution in [2.75, 3.05) is 26.2 Å². The summed E-state index contributed by atoms with van der Waals surface area (Å²) in [5.41, 5.74) is 0. The molecule has 2 N–H and O–H groups in total. The van der Waals surface area contributed by atoms with Crippen molar-refractivity contribution < 1.29 is 0 Å². The molecule has 0 aromatic carbocycles. The molecule has 9 heavy (non-hydrogen) atoms. The maximum absolute atomic E-state index is 3.40. The van der Waals surface area contributed by atoms with Crippen LogP contribution < -0.4 is 10.6 Å². The van der Waals surface area contributed by atoms with Gasteiger partial charge in [0.2, 0.25) is 0 Å². The van der Waals surface area contributed by atoms with Crippen LogP contribution in [0.4, 0.5) is 0 Å². The van der Waals surface area contributed by atoms with Crippen LogP contribution >= 0.6 is 0 Å². The van der Waals surface area contributed by atoms with Crippen molar-refractivity contribution in [2.24, 2.45) is 0 Å². The summed E-state index contributed by atoms with van der Waals surface area (Å²) in [7, 11) is 0. The lowest BCUT2D eigenvalue weighted by molar-refractivity contribution is 0.166. The summed E-state index contributed by atoms with van der Waals surface area (Å²) in [5.74, 6) is 0. The van der Waals surface area contributed by atoms with Crippen LogP contribution in [-0.2, 0) is 0 Å². The molecule has 52 valence electrons. The van der Waals surface area contributed by atoms with Gasteiger partial charge in [-0.25, -0.2) is 0 Å². The average Bonchev–Trinajstić information content (AvgIpc) is 2.33. The summed E-state index contributed by atoms with van der Waals surface area (Å²) in [6.07, 6.45) is 1.80. The first kappa shape index (κ1) is 5.65. The summed E-state index contributed by atoms with van der Waals surface area (Å²) < 4.78 is 0. The zero-order valence-electron chi connectivity index (χ0n) is 5.56. The van der Waals surface area contributed by atoms with Crippen molar-refractivity contribution >= 4 is 0 Å². The second-order valence-corrected chi connectivity index (χ2v) is 2.70. The van der Waals surface area contributed by atoms with Crippen LogP contribution in [0.1, 0.15) is 6.42 Å². The standard InChI is InChI=1S/C6H13N3/c1-2-7-6-8-3-5-9(6)4-1/h6-8H,1-5H2/t6-/m1/s1. The summed E-state index contributed by atoms with van der Waals surface area (Å²) in [4.78, 5) is 2.45. The van der Waals surface area contributed by atoms with Crippen molar-refractivity contribution in [2.45, 2.75) is 12.7 Å². The summed E-state index contributed by atoms with van der Waals surface area (Å²) in [6.45, 7) is 4.81. The Morgan fingerprint density at radius 1 is 1.11 bits per heavy atom. The fourth-order valence-corrected chi connectivity index (χ4v) is 1.57. The van der Waals surface area contributed by atoms with Gasteiger partial charge in [-0.2, -0.15) is 0 Å². The molecule has 3 heteroatoms. The molecule has 0 aromatic heterocycles. The van der Waals surface area contributed by atoms with Crippen LogP contribution in [0, 0.1) is 0 Å². The van der Waals surface area contributed by atoms with Gasteiger partial charge in [-0.1, -0.05) is 0 Å². The maximum Gasteiger partial charge on any atom is 0.114 e. The second kappa shape index (κ2) is 2.25. The Labute approximate surface area is 55.4 Å². The smallest absolute Gasteiger partial charge is 0.114 e. The van der Waals surface area contributed by atoms with Crippen molar-refractivity contribution in [3.63, 3.8) is 0 Å². The molecule has 0 amide bonds. The lowest BCUT2D eigenvalue weighted by Gasteiger charge is -2.29. The highest BCUT2D eigenvalue weighted by atomic mass is 15.4. The molecule has 0 saturated carbocycles. The fourth-order valence-electron chi connectivity index (χ4n) is 1.57. The third kappa shape index (κ3) is 0.956. The van der Waals surface area contributed by atoms with E-state index < -0.39 is 0 Å². The fraction of sp³-hybridized carbons (Fsp3) is 1.00. The monoisotopic (exact) mass is 127 g/mol. The molecular formula is C6H13N3. The normalized spacial score (nSPS) is 36.7. The van der Waals surface area contributed by atoms with Gasteiger partial charge < -0.3 is 0 Å². The molecule has 0 radical (unpaired) electrons. The minimum Gasteiger partial charge on any atom is -0.289 e. The minimum atomic E-state index is 0.499. The largest absolute Gasteiger partial charge is 0.289 e. The summed E-state index contributed by atoms with van der Waals surface area (Å²) >= 11 is 0. The Morgan fingerprint density at radius 3 is 2.89 bits per heavy atom. The van der Waals surface area contributed by atoms with E-state index in [9.17, 15) is 0 Å². The predicted octanol–water partition coefficient (Wildman–Crippen LogP) is -0.831. The zero-order valence-corrected chi connectivity index (χ0v) is 5.56. The molecule has 2 saturated heterocycles. The summed E-state index contributed by atoms with van der Waals surface area (Å²) in [5, 5.41) is 6.77. The highest BCUT2D eigenvalue weighted by Gasteiger charge is 2.24. The van der Waals surface area contributed by atoms with Crippen LogP contribution in [0.3, 0.4) is 0 Å². The minimum absolute atomic E-state index is 0.499. The predicted molar refractivity (Wildman–Crippen MR) is 36.0 cm³/mol. The first-order valence-corrected chi connectivity index (χ1v) is 3.68. The number of hydrogen-bond donors (Lipinski definition) is 2. The Balaban J connectivity index is 1.97. The Morgan fingerprint density at radius 2 is 2.00 bits per heavy atom. The van der Waals surface area contributed by atoms with Gasteiger partial charge >= 0.3 is 0 Å². The van der Waals surface area contributed by atoms with Gasteiger partial charge in [0.1, 0.15) is 6.29 Å². The van der Waals surface area contributed by atoms with E-state index in [1.165, 1.54) is 26.1 Å². The molecule has 3 nitrogen and oxygen atoms in total. The highest BCUT2D eigenvalue weighted by molar-refractivity contribution is 4.79. The molecule has 0 aromatic rings. The van der Waals surface area contributed by atoms with Gasteiger partial charge in [0.25, 0.3) is 0 Å². The molecule has 0 bridgehead atoms. The molecule has 1 atom stereocenters. The van der Waals surface area contributed by atoms with Crippen molar-refractivity contribution in [3.05, 3.63) is 0 Å². The highest BCUT2D eigenvalue weighted by Crippen LogP contribution is 2.04. The van der Waals surface area contributed by atoms with E-state index in [-0.39, 0.29) is 0 Å². The van der Waals surface area contributed by atoms with Crippen molar-refractivity contribution in [1.29, 1.82) is 0 Å². The van der Waals surface area contributed by atoms with Crippen LogP contribution in [0.2, 0.25) is 0 Å². The molecule has 2 fully saturated rings. The molecule has 2 rings (SSSR count). The molecule has 2 heterocycles. The first-order valence-electron chi connectivity index (χ1n) is 3.68. The number of rotatable bonds is 0. The van der Waals surface area contributed by atoms with Gasteiger partial charge in [0, 0.05) is 19.6 Å². The van der Waals surface area contributed by atoms with E-state index in [1.807, 2.05) is 0 Å². The van der Waals surface area contributed by atoms with E-state index >= 15 is 0 Å². The third-order valence-corrected chi connectivity index (χ3v) is 2.06. The molecular weight excluding hydrogens is 114 g/mol. The lowest BCUT2D eigenvalue weighted by Crippen LogP contribution is -2.52. The van der Waals surface area contributed by atoms with E-state index in [2.05, 4.69) is 15.5 Å². The first-order chi connectivity index (χ1) is 4.47. The zero-order chi connectivity index (χ0) is 6.10. The van der Waals surface area contributed by atoms with Crippen molar-refractivity contribution in [1.82, 2.24) is 15.5 Å². The topological polar surface area (TPSA) is 27.3 Å². The number of nitrogens with zero attached hydrogens (tertiary/aromatic N) is 1. The van der Waals surface area contributed by atoms with Crippen molar-refractivity contribution in [3.8, 4) is 0 Å². The number of fused-ring (bicyclic) bond motifs is 1. The summed E-state index contributed by atoms with van der Waals surface area (Å²) in [6, 6.07) is 0. The molecule has 0 unspecified atom stereocenters. The second-order valence-electron chi connectivity index (χ2n) is 2.70. The maximum atomic E-state index is 3.40. The van der Waals surface area contributed by atoms with Gasteiger partial charge in [0.05, 0.1) is 0 Å². The van der Waals surface area contributed by atoms with Crippen LogP contribution in [-0.4, -0.2) is 37.4 Å². The van der Waals surface area contributed by atoms with Gasteiger partial charge in [-0.15, -0.1) is 0 Å². The molecule has 2 aliphatic rings. The molecule has 0 spiro atoms. The number of hydrogen-bond acceptors (Lipinski definition) is 3. The third-order valence-electron chi connectivity index (χ3n) is 2.06. The Kier molecular flexibility index (Phi) is 1.41. The molecule has 0 aliphatic carbocycles. The SMILES string of the molecule is C1CN[C@@H]2NCCN2C1. The quantitative estimate of drug-likeness (QED) is 0.444. The van der Waals surface area contributed by atoms with Crippen LogP contribution in [0.25, 0.3) is 0 Å². The molecule has 2 aliphatic heterocycles. The number of nitrogens with one attached hydrogen (secondary N) is 2. The average molecular weight is 127 g/mol. The van der Waals surface area contributed by atoms with Gasteiger partial charge in [0.15, 0.2) is 0 Å². The van der Waals surface area contributed by atoms with Gasteiger partial charge in [-0.3, -0.25) is 15.5 Å². The Hall–Kier alpha value is -0.120. The van der Waals surface area contributed by atoms with E-state index in [0.29, 0.717) is 6.29 Å². The van der Waals surface area contributed by atoms with E-state index in [1.54, 1.807) is 0 Å². The van der Waals surface area contributed by atoms with E-state index in [0.717, 1.165) is 6.54 Å². The van der Waals surface area contributed by atoms with Crippen LogP contribution in [0.15, 0.2) is 0 Å².